The Bertz CT molecular complexity index is 541. The lowest BCUT2D eigenvalue weighted by molar-refractivity contribution is 0.0794. The lowest BCUT2D eigenvalue weighted by Crippen LogP contribution is -2.15. The van der Waals surface area contributed by atoms with E-state index in [2.05, 4.69) is 4.98 Å². The summed E-state index contributed by atoms with van der Waals surface area (Å²) in [5, 5.41) is 0. The van der Waals surface area contributed by atoms with Gasteiger partial charge in [0, 0.05) is 24.9 Å². The molecule has 1 aliphatic heterocycles. The molecule has 1 unspecified atom stereocenters. The molecule has 1 saturated heterocycles. The number of fused-ring (bicyclic) bond motifs is 1. The van der Waals surface area contributed by atoms with E-state index in [1.54, 1.807) is 6.07 Å². The number of pyridine rings is 1. The maximum absolute atomic E-state index is 10.9. The van der Waals surface area contributed by atoms with Gasteiger partial charge in [0.05, 0.1) is 17.9 Å². The fourth-order valence-corrected chi connectivity index (χ4v) is 2.32. The van der Waals surface area contributed by atoms with E-state index < -0.39 is 0 Å². The molecular weight excluding hydrogens is 216 g/mol. The smallest absolute Gasteiger partial charge is 0.153 e. The Labute approximate surface area is 99.2 Å². The minimum atomic E-state index is 0.364. The van der Waals surface area contributed by atoms with Crippen LogP contribution in [0.25, 0.3) is 5.65 Å². The van der Waals surface area contributed by atoms with E-state index in [4.69, 9.17) is 4.74 Å². The highest BCUT2D eigenvalue weighted by Crippen LogP contribution is 2.25. The Morgan fingerprint density at radius 1 is 1.53 bits per heavy atom. The number of hydrogen-bond donors (Lipinski definition) is 0. The second kappa shape index (κ2) is 4.30. The van der Waals surface area contributed by atoms with Gasteiger partial charge in [-0.1, -0.05) is 0 Å². The first-order valence-electron chi connectivity index (χ1n) is 5.89. The molecule has 0 amide bonds. The average molecular weight is 230 g/mol. The predicted molar refractivity (Wildman–Crippen MR) is 63.4 cm³/mol. The summed E-state index contributed by atoms with van der Waals surface area (Å²) in [6.07, 6.45) is 6.97. The van der Waals surface area contributed by atoms with Crippen molar-refractivity contribution in [2.45, 2.75) is 18.8 Å². The first-order chi connectivity index (χ1) is 8.38. The molecule has 0 bridgehead atoms. The van der Waals surface area contributed by atoms with Gasteiger partial charge in [-0.25, -0.2) is 4.98 Å². The van der Waals surface area contributed by atoms with Gasteiger partial charge in [0.2, 0.25) is 0 Å². The molecule has 88 valence electrons. The van der Waals surface area contributed by atoms with E-state index in [0.717, 1.165) is 43.7 Å². The normalized spacial score (nSPS) is 20.6. The molecule has 0 aromatic carbocycles. The topological polar surface area (TPSA) is 43.6 Å². The van der Waals surface area contributed by atoms with Gasteiger partial charge in [-0.2, -0.15) is 0 Å². The third-order valence-corrected chi connectivity index (χ3v) is 3.24. The minimum absolute atomic E-state index is 0.364. The maximum Gasteiger partial charge on any atom is 0.153 e. The summed E-state index contributed by atoms with van der Waals surface area (Å²) >= 11 is 0. The molecule has 4 nitrogen and oxygen atoms in total. The quantitative estimate of drug-likeness (QED) is 0.741. The molecule has 1 aliphatic rings. The van der Waals surface area contributed by atoms with Gasteiger partial charge in [-0.15, -0.1) is 0 Å². The van der Waals surface area contributed by atoms with E-state index in [1.807, 2.05) is 22.9 Å². The van der Waals surface area contributed by atoms with Crippen molar-refractivity contribution < 1.29 is 9.53 Å². The summed E-state index contributed by atoms with van der Waals surface area (Å²) in [4.78, 5) is 15.5. The lowest BCUT2D eigenvalue weighted by atomic mass is 9.99. The molecule has 0 aliphatic carbocycles. The molecule has 0 spiro atoms. The number of carbonyl (C=O) groups excluding carboxylic acids is 1. The van der Waals surface area contributed by atoms with Crippen LogP contribution in [0.15, 0.2) is 24.5 Å². The van der Waals surface area contributed by atoms with Crippen LogP contribution in [0, 0.1) is 0 Å². The number of carbonyl (C=O) groups is 1. The highest BCUT2D eigenvalue weighted by molar-refractivity contribution is 5.84. The molecule has 17 heavy (non-hydrogen) atoms. The van der Waals surface area contributed by atoms with Gasteiger partial charge in [0.15, 0.2) is 6.29 Å². The molecule has 4 heteroatoms. The van der Waals surface area contributed by atoms with Crippen LogP contribution in [0.5, 0.6) is 0 Å². The summed E-state index contributed by atoms with van der Waals surface area (Å²) < 4.78 is 7.38. The van der Waals surface area contributed by atoms with Crippen LogP contribution in [0.2, 0.25) is 0 Å². The molecule has 0 saturated carbocycles. The van der Waals surface area contributed by atoms with Crippen LogP contribution in [-0.2, 0) is 4.74 Å². The van der Waals surface area contributed by atoms with Crippen molar-refractivity contribution >= 4 is 11.9 Å². The summed E-state index contributed by atoms with van der Waals surface area (Å²) in [6, 6.07) is 3.65. The Kier molecular flexibility index (Phi) is 2.65. The van der Waals surface area contributed by atoms with E-state index in [-0.39, 0.29) is 0 Å². The molecule has 2 aromatic heterocycles. The number of ether oxygens (including phenoxy) is 1. The van der Waals surface area contributed by atoms with E-state index in [9.17, 15) is 4.79 Å². The Morgan fingerprint density at radius 2 is 2.47 bits per heavy atom. The van der Waals surface area contributed by atoms with Crippen molar-refractivity contribution in [3.63, 3.8) is 0 Å². The average Bonchev–Trinajstić information content (AvgIpc) is 2.83. The highest BCUT2D eigenvalue weighted by Gasteiger charge is 2.19. The summed E-state index contributed by atoms with van der Waals surface area (Å²) in [5.74, 6) is 0.364. The number of aldehydes is 1. The van der Waals surface area contributed by atoms with Crippen LogP contribution in [0.1, 0.15) is 34.8 Å². The Morgan fingerprint density at radius 3 is 3.24 bits per heavy atom. The summed E-state index contributed by atoms with van der Waals surface area (Å²) in [6.45, 7) is 1.59. The molecule has 3 rings (SSSR count). The molecule has 0 radical (unpaired) electrons. The predicted octanol–water partition coefficient (Wildman–Crippen LogP) is 2.04. The first kappa shape index (κ1) is 10.5. The summed E-state index contributed by atoms with van der Waals surface area (Å²) in [5.41, 5.74) is 2.40. The van der Waals surface area contributed by atoms with E-state index in [0.29, 0.717) is 11.5 Å². The third kappa shape index (κ3) is 1.85. The van der Waals surface area contributed by atoms with Crippen molar-refractivity contribution in [1.82, 2.24) is 9.38 Å². The van der Waals surface area contributed by atoms with E-state index >= 15 is 0 Å². The van der Waals surface area contributed by atoms with Crippen LogP contribution in [0.4, 0.5) is 0 Å². The van der Waals surface area contributed by atoms with Crippen molar-refractivity contribution in [2.75, 3.05) is 13.2 Å². The second-order valence-electron chi connectivity index (χ2n) is 4.39. The van der Waals surface area contributed by atoms with Gasteiger partial charge in [-0.3, -0.25) is 4.79 Å². The zero-order valence-corrected chi connectivity index (χ0v) is 9.50. The number of nitrogens with zero attached hydrogens (tertiary/aromatic N) is 2. The summed E-state index contributed by atoms with van der Waals surface area (Å²) in [7, 11) is 0. The fourth-order valence-electron chi connectivity index (χ4n) is 2.32. The number of imidazole rings is 1. The van der Waals surface area contributed by atoms with Crippen molar-refractivity contribution in [2.24, 2.45) is 0 Å². The zero-order valence-electron chi connectivity index (χ0n) is 9.50. The monoisotopic (exact) mass is 230 g/mol. The standard InChI is InChI=1S/C13H14N2O2/c16-8-10-3-1-5-15-7-12(14-13(10)15)11-4-2-6-17-9-11/h1,3,5,7-8,11H,2,4,6,9H2. The van der Waals surface area contributed by atoms with Crippen molar-refractivity contribution in [3.05, 3.63) is 35.8 Å². The molecular formula is C13H14N2O2. The van der Waals surface area contributed by atoms with Gasteiger partial charge in [0.1, 0.15) is 5.65 Å². The zero-order chi connectivity index (χ0) is 11.7. The SMILES string of the molecule is O=Cc1cccn2cc(C3CCCOC3)nc12. The van der Waals surface area contributed by atoms with Crippen LogP contribution in [-0.4, -0.2) is 28.9 Å². The third-order valence-electron chi connectivity index (χ3n) is 3.24. The van der Waals surface area contributed by atoms with Crippen molar-refractivity contribution in [1.29, 1.82) is 0 Å². The molecule has 0 N–H and O–H groups in total. The lowest BCUT2D eigenvalue weighted by Gasteiger charge is -2.19. The minimum Gasteiger partial charge on any atom is -0.381 e. The molecule has 1 fully saturated rings. The number of rotatable bonds is 2. The Balaban J connectivity index is 2.03. The maximum atomic E-state index is 10.9. The number of aromatic nitrogens is 2. The first-order valence-corrected chi connectivity index (χ1v) is 5.89. The second-order valence-corrected chi connectivity index (χ2v) is 4.39. The van der Waals surface area contributed by atoms with Crippen LogP contribution < -0.4 is 0 Å². The van der Waals surface area contributed by atoms with Gasteiger partial charge < -0.3 is 9.14 Å². The van der Waals surface area contributed by atoms with Gasteiger partial charge in [-0.05, 0) is 25.0 Å². The van der Waals surface area contributed by atoms with Gasteiger partial charge >= 0.3 is 0 Å². The Hall–Kier alpha value is -1.68. The molecule has 3 heterocycles. The van der Waals surface area contributed by atoms with E-state index in [1.165, 1.54) is 0 Å². The highest BCUT2D eigenvalue weighted by atomic mass is 16.5. The number of hydrogen-bond acceptors (Lipinski definition) is 3. The van der Waals surface area contributed by atoms with Crippen LogP contribution in [0.3, 0.4) is 0 Å². The van der Waals surface area contributed by atoms with Crippen LogP contribution >= 0.6 is 0 Å². The van der Waals surface area contributed by atoms with Crippen molar-refractivity contribution in [3.8, 4) is 0 Å². The largest absolute Gasteiger partial charge is 0.381 e. The van der Waals surface area contributed by atoms with Gasteiger partial charge in [0.25, 0.3) is 0 Å². The molecule has 2 aromatic rings. The fraction of sp³-hybridized carbons (Fsp3) is 0.385. The molecule has 1 atom stereocenters.